The molecule has 0 rings (SSSR count). The molecule has 0 amide bonds. The fourth-order valence-corrected chi connectivity index (χ4v) is 1.53. The molecule has 0 fully saturated rings. The van der Waals surface area contributed by atoms with Crippen LogP contribution in [0.15, 0.2) is 12.8 Å². The number of carboxylic acid groups (broad SMARTS) is 1. The van der Waals surface area contributed by atoms with Crippen LogP contribution in [-0.4, -0.2) is 30.3 Å². The van der Waals surface area contributed by atoms with Gasteiger partial charge in [0.1, 0.15) is 0 Å². The number of hydrogen-bond donors (Lipinski definition) is 1. The molecule has 1 N–H and O–H groups in total. The first-order valence-electron chi connectivity index (χ1n) is 6.76. The van der Waals surface area contributed by atoms with Crippen LogP contribution in [0.1, 0.15) is 51.4 Å². The van der Waals surface area contributed by atoms with Crippen LogP contribution < -0.4 is 0 Å². The Kier molecular flexibility index (Phi) is 11.9. The van der Waals surface area contributed by atoms with Gasteiger partial charge in [0.25, 0.3) is 0 Å². The van der Waals surface area contributed by atoms with Gasteiger partial charge in [0, 0.05) is 12.8 Å². The molecule has 19 heavy (non-hydrogen) atoms. The molecule has 0 bridgehead atoms. The lowest BCUT2D eigenvalue weighted by molar-refractivity contribution is -0.144. The van der Waals surface area contributed by atoms with E-state index in [9.17, 15) is 9.59 Å². The fraction of sp³-hybridized carbons (Fsp3) is 0.714. The van der Waals surface area contributed by atoms with Gasteiger partial charge < -0.3 is 14.6 Å². The highest BCUT2D eigenvalue weighted by molar-refractivity contribution is 5.69. The average Bonchev–Trinajstić information content (AvgIpc) is 2.37. The van der Waals surface area contributed by atoms with Crippen molar-refractivity contribution in [3.05, 3.63) is 12.8 Å². The Morgan fingerprint density at radius 2 is 1.58 bits per heavy atom. The highest BCUT2D eigenvalue weighted by atomic mass is 16.5. The van der Waals surface area contributed by atoms with Gasteiger partial charge in [-0.3, -0.25) is 9.59 Å². The summed E-state index contributed by atoms with van der Waals surface area (Å²) in [6.45, 7) is 4.46. The molecule has 0 aromatic carbocycles. The van der Waals surface area contributed by atoms with Gasteiger partial charge in [0.15, 0.2) is 0 Å². The molecular formula is C14H24O5. The van der Waals surface area contributed by atoms with Gasteiger partial charge in [-0.15, -0.1) is 0 Å². The standard InChI is InChI=1S/C14H24O5/c1-2-18-11-7-8-12-19-14(17)10-6-4-3-5-9-13(15)16/h2H,1,3-12H2,(H,15,16). The van der Waals surface area contributed by atoms with E-state index < -0.39 is 5.97 Å². The zero-order valence-corrected chi connectivity index (χ0v) is 11.4. The summed E-state index contributed by atoms with van der Waals surface area (Å²) in [5, 5.41) is 8.44. The first kappa shape index (κ1) is 17.5. The first-order chi connectivity index (χ1) is 9.16. The van der Waals surface area contributed by atoms with Crippen molar-refractivity contribution in [1.82, 2.24) is 0 Å². The molecular weight excluding hydrogens is 248 g/mol. The van der Waals surface area contributed by atoms with Gasteiger partial charge in [0.2, 0.25) is 0 Å². The molecule has 5 nitrogen and oxygen atoms in total. The van der Waals surface area contributed by atoms with Crippen LogP contribution in [0.25, 0.3) is 0 Å². The molecule has 0 aliphatic rings. The Morgan fingerprint density at radius 3 is 2.21 bits per heavy atom. The summed E-state index contributed by atoms with van der Waals surface area (Å²) in [5.41, 5.74) is 0. The summed E-state index contributed by atoms with van der Waals surface area (Å²) in [6.07, 6.45) is 6.80. The molecule has 0 atom stereocenters. The lowest BCUT2D eigenvalue weighted by Gasteiger charge is -2.04. The van der Waals surface area contributed by atoms with Crippen molar-refractivity contribution < 1.29 is 24.2 Å². The summed E-state index contributed by atoms with van der Waals surface area (Å²) in [6, 6.07) is 0. The lowest BCUT2D eigenvalue weighted by atomic mass is 10.1. The average molecular weight is 272 g/mol. The second kappa shape index (κ2) is 12.9. The normalized spacial score (nSPS) is 9.89. The van der Waals surface area contributed by atoms with E-state index in [-0.39, 0.29) is 12.4 Å². The Hall–Kier alpha value is -1.52. The van der Waals surface area contributed by atoms with Crippen molar-refractivity contribution in [2.75, 3.05) is 13.2 Å². The van der Waals surface area contributed by atoms with Gasteiger partial charge in [-0.1, -0.05) is 19.4 Å². The predicted molar refractivity (Wildman–Crippen MR) is 71.7 cm³/mol. The van der Waals surface area contributed by atoms with Crippen molar-refractivity contribution in [2.45, 2.75) is 51.4 Å². The summed E-state index contributed by atoms with van der Waals surface area (Å²) >= 11 is 0. The van der Waals surface area contributed by atoms with Crippen LogP contribution >= 0.6 is 0 Å². The Morgan fingerprint density at radius 1 is 0.947 bits per heavy atom. The van der Waals surface area contributed by atoms with Crippen LogP contribution in [0.4, 0.5) is 0 Å². The maximum Gasteiger partial charge on any atom is 0.305 e. The molecule has 0 spiro atoms. The van der Waals surface area contributed by atoms with Crippen molar-refractivity contribution in [3.63, 3.8) is 0 Å². The van der Waals surface area contributed by atoms with Crippen LogP contribution in [0, 0.1) is 0 Å². The number of ether oxygens (including phenoxy) is 2. The minimum atomic E-state index is -0.764. The minimum Gasteiger partial charge on any atom is -0.502 e. The van der Waals surface area contributed by atoms with Crippen molar-refractivity contribution >= 4 is 11.9 Å². The second-order valence-electron chi connectivity index (χ2n) is 4.27. The summed E-state index contributed by atoms with van der Waals surface area (Å²) < 4.78 is 9.99. The predicted octanol–water partition coefficient (Wildman–Crippen LogP) is 2.90. The van der Waals surface area contributed by atoms with E-state index in [1.165, 1.54) is 6.26 Å². The van der Waals surface area contributed by atoms with Gasteiger partial charge in [-0.05, 0) is 25.7 Å². The van der Waals surface area contributed by atoms with E-state index in [0.717, 1.165) is 32.1 Å². The number of carbonyl (C=O) groups excluding carboxylic acids is 1. The summed E-state index contributed by atoms with van der Waals surface area (Å²) in [5.74, 6) is -0.942. The van der Waals surface area contributed by atoms with Crippen LogP contribution in [0.3, 0.4) is 0 Å². The minimum absolute atomic E-state index is 0.178. The number of hydrogen-bond acceptors (Lipinski definition) is 4. The molecule has 5 heteroatoms. The number of esters is 1. The third-order valence-electron chi connectivity index (χ3n) is 2.56. The highest BCUT2D eigenvalue weighted by Crippen LogP contribution is 2.06. The maximum absolute atomic E-state index is 11.3. The van der Waals surface area contributed by atoms with Crippen molar-refractivity contribution in [3.8, 4) is 0 Å². The highest BCUT2D eigenvalue weighted by Gasteiger charge is 2.03. The number of carboxylic acids is 1. The van der Waals surface area contributed by atoms with Gasteiger partial charge in [0.05, 0.1) is 19.5 Å². The Bertz CT molecular complexity index is 263. The molecule has 0 heterocycles. The smallest absolute Gasteiger partial charge is 0.305 e. The number of rotatable bonds is 13. The third-order valence-corrected chi connectivity index (χ3v) is 2.56. The lowest BCUT2D eigenvalue weighted by Crippen LogP contribution is -2.06. The van der Waals surface area contributed by atoms with E-state index in [1.54, 1.807) is 0 Å². The van der Waals surface area contributed by atoms with Gasteiger partial charge in [-0.25, -0.2) is 0 Å². The van der Waals surface area contributed by atoms with Crippen LogP contribution in [-0.2, 0) is 19.1 Å². The summed E-state index contributed by atoms with van der Waals surface area (Å²) in [4.78, 5) is 21.6. The van der Waals surface area contributed by atoms with Gasteiger partial charge >= 0.3 is 11.9 Å². The third kappa shape index (κ3) is 14.4. The van der Waals surface area contributed by atoms with Crippen molar-refractivity contribution in [2.24, 2.45) is 0 Å². The van der Waals surface area contributed by atoms with E-state index in [0.29, 0.717) is 26.1 Å². The molecule has 0 radical (unpaired) electrons. The second-order valence-corrected chi connectivity index (χ2v) is 4.27. The molecule has 0 aromatic rings. The maximum atomic E-state index is 11.3. The van der Waals surface area contributed by atoms with Crippen LogP contribution in [0.5, 0.6) is 0 Å². The molecule has 0 aliphatic carbocycles. The quantitative estimate of drug-likeness (QED) is 0.317. The zero-order valence-electron chi connectivity index (χ0n) is 11.4. The molecule has 0 unspecified atom stereocenters. The largest absolute Gasteiger partial charge is 0.502 e. The molecule has 110 valence electrons. The fourth-order valence-electron chi connectivity index (χ4n) is 1.53. The molecule has 0 aliphatic heterocycles. The molecule has 0 aromatic heterocycles. The number of aliphatic carboxylic acids is 1. The Labute approximate surface area is 114 Å². The van der Waals surface area contributed by atoms with E-state index in [2.05, 4.69) is 6.58 Å². The van der Waals surface area contributed by atoms with E-state index >= 15 is 0 Å². The van der Waals surface area contributed by atoms with E-state index in [1.807, 2.05) is 0 Å². The molecule has 0 saturated carbocycles. The molecule has 0 saturated heterocycles. The van der Waals surface area contributed by atoms with Crippen LogP contribution in [0.2, 0.25) is 0 Å². The number of unbranched alkanes of at least 4 members (excludes halogenated alkanes) is 4. The van der Waals surface area contributed by atoms with Crippen molar-refractivity contribution in [1.29, 1.82) is 0 Å². The summed E-state index contributed by atoms with van der Waals surface area (Å²) in [7, 11) is 0. The van der Waals surface area contributed by atoms with E-state index in [4.69, 9.17) is 14.6 Å². The zero-order chi connectivity index (χ0) is 14.3. The van der Waals surface area contributed by atoms with Gasteiger partial charge in [-0.2, -0.15) is 0 Å². The number of carbonyl (C=O) groups is 2. The first-order valence-corrected chi connectivity index (χ1v) is 6.76. The SMILES string of the molecule is C=COCCCCOC(=O)CCCCCCC(=O)O. The Balaban J connectivity index is 3.21. The monoisotopic (exact) mass is 272 g/mol. The topological polar surface area (TPSA) is 72.8 Å².